The van der Waals surface area contributed by atoms with Crippen molar-refractivity contribution in [1.82, 2.24) is 0 Å². The van der Waals surface area contributed by atoms with E-state index in [-0.39, 0.29) is 13.2 Å². The molecule has 18 heavy (non-hydrogen) atoms. The van der Waals surface area contributed by atoms with Gasteiger partial charge in [0.05, 0.1) is 12.9 Å². The van der Waals surface area contributed by atoms with E-state index in [1.54, 1.807) is 18.2 Å². The Morgan fingerprint density at radius 2 is 2.11 bits per heavy atom. The highest BCUT2D eigenvalue weighted by Gasteiger charge is 2.19. The fourth-order valence-corrected chi connectivity index (χ4v) is 2.60. The second-order valence-corrected chi connectivity index (χ2v) is 6.45. The molecule has 1 unspecified atom stereocenters. The predicted octanol–water partition coefficient (Wildman–Crippen LogP) is 2.05. The van der Waals surface area contributed by atoms with Crippen molar-refractivity contribution in [2.75, 3.05) is 19.4 Å². The Kier molecular flexibility index (Phi) is 6.03. The molecule has 0 amide bonds. The summed E-state index contributed by atoms with van der Waals surface area (Å²) in [6.45, 7) is 0.426. The molecule has 0 saturated heterocycles. The predicted molar refractivity (Wildman–Crippen MR) is 72.8 cm³/mol. The van der Waals surface area contributed by atoms with Crippen LogP contribution in [-0.4, -0.2) is 27.8 Å². The van der Waals surface area contributed by atoms with Gasteiger partial charge in [0.25, 0.3) is 10.1 Å². The minimum Gasteiger partial charge on any atom is -0.346 e. The van der Waals surface area contributed by atoms with E-state index in [0.717, 1.165) is 6.26 Å². The van der Waals surface area contributed by atoms with Crippen LogP contribution in [0.15, 0.2) is 22.7 Å². The van der Waals surface area contributed by atoms with Gasteiger partial charge in [-0.05, 0) is 18.2 Å². The first-order valence-electron chi connectivity index (χ1n) is 4.98. The molecule has 1 aromatic carbocycles. The van der Waals surface area contributed by atoms with Crippen LogP contribution >= 0.6 is 27.5 Å². The normalized spacial score (nSPS) is 13.6. The van der Waals surface area contributed by atoms with E-state index in [1.165, 1.54) is 0 Å². The van der Waals surface area contributed by atoms with E-state index in [9.17, 15) is 8.42 Å². The van der Waals surface area contributed by atoms with Crippen LogP contribution in [0.25, 0.3) is 0 Å². The maximum atomic E-state index is 11.2. The molecule has 1 aromatic rings. The molecule has 8 heteroatoms. The molecule has 1 atom stereocenters. The minimum absolute atomic E-state index is 0.171. The van der Waals surface area contributed by atoms with Crippen LogP contribution in [0.1, 0.15) is 11.9 Å². The van der Waals surface area contributed by atoms with E-state index in [0.29, 0.717) is 15.1 Å². The number of halogens is 2. The van der Waals surface area contributed by atoms with Crippen molar-refractivity contribution >= 4 is 37.6 Å². The summed E-state index contributed by atoms with van der Waals surface area (Å²) in [6.07, 6.45) is -0.107. The molecule has 0 fully saturated rings. The maximum Gasteiger partial charge on any atom is 0.267 e. The van der Waals surface area contributed by atoms with Gasteiger partial charge >= 0.3 is 0 Å². The van der Waals surface area contributed by atoms with Crippen molar-refractivity contribution in [1.29, 1.82) is 0 Å². The molecule has 102 valence electrons. The Morgan fingerprint density at radius 3 is 2.61 bits per heavy atom. The van der Waals surface area contributed by atoms with Crippen LogP contribution < -0.4 is 5.73 Å². The molecule has 0 aliphatic rings. The molecule has 0 aliphatic carbocycles. The first-order chi connectivity index (χ1) is 8.31. The molecular formula is C10H13BrClNO4S. The minimum atomic E-state index is -3.65. The van der Waals surface area contributed by atoms with E-state index in [4.69, 9.17) is 26.3 Å². The number of benzene rings is 1. The smallest absolute Gasteiger partial charge is 0.267 e. The lowest BCUT2D eigenvalue weighted by atomic mass is 10.2. The Bertz CT molecular complexity index is 488. The molecule has 0 radical (unpaired) electrons. The summed E-state index contributed by atoms with van der Waals surface area (Å²) < 4.78 is 33.1. The zero-order valence-corrected chi connectivity index (χ0v) is 12.8. The Labute approximate surface area is 119 Å². The van der Waals surface area contributed by atoms with E-state index in [2.05, 4.69) is 15.9 Å². The van der Waals surface area contributed by atoms with Crippen LogP contribution in [0.5, 0.6) is 0 Å². The quantitative estimate of drug-likeness (QED) is 0.622. The fourth-order valence-electron chi connectivity index (χ4n) is 1.22. The Hall–Kier alpha value is -0.180. The lowest BCUT2D eigenvalue weighted by Crippen LogP contribution is -2.18. The first kappa shape index (κ1) is 15.9. The van der Waals surface area contributed by atoms with Gasteiger partial charge in [0.2, 0.25) is 6.29 Å². The number of rotatable bonds is 6. The van der Waals surface area contributed by atoms with Crippen LogP contribution in [0.4, 0.5) is 0 Å². The van der Waals surface area contributed by atoms with Crippen molar-refractivity contribution in [2.24, 2.45) is 5.73 Å². The first-order valence-corrected chi connectivity index (χ1v) is 7.96. The summed E-state index contributed by atoms with van der Waals surface area (Å²) in [4.78, 5) is 0. The molecule has 2 N–H and O–H groups in total. The molecular weight excluding hydrogens is 346 g/mol. The topological polar surface area (TPSA) is 78.6 Å². The van der Waals surface area contributed by atoms with Gasteiger partial charge in [-0.15, -0.1) is 0 Å². The average Bonchev–Trinajstić information content (AvgIpc) is 2.21. The highest BCUT2D eigenvalue weighted by atomic mass is 79.9. The van der Waals surface area contributed by atoms with Crippen molar-refractivity contribution < 1.29 is 17.3 Å². The lowest BCUT2D eigenvalue weighted by Gasteiger charge is -2.17. The summed E-state index contributed by atoms with van der Waals surface area (Å²) in [5, 5.41) is 0.442. The van der Waals surface area contributed by atoms with Crippen molar-refractivity contribution in [3.8, 4) is 0 Å². The van der Waals surface area contributed by atoms with Crippen LogP contribution in [0.3, 0.4) is 0 Å². The second-order valence-electron chi connectivity index (χ2n) is 3.49. The van der Waals surface area contributed by atoms with Crippen molar-refractivity contribution in [3.05, 3.63) is 33.3 Å². The molecule has 1 rings (SSSR count). The third-order valence-corrected chi connectivity index (χ3v) is 3.01. The van der Waals surface area contributed by atoms with Crippen LogP contribution in [0.2, 0.25) is 5.02 Å². The molecule has 0 heterocycles. The Balaban J connectivity index is 3.00. The van der Waals surface area contributed by atoms with Crippen molar-refractivity contribution in [2.45, 2.75) is 6.29 Å². The highest BCUT2D eigenvalue weighted by Crippen LogP contribution is 2.27. The number of ether oxygens (including phenoxy) is 1. The number of nitrogens with two attached hydrogens (primary N) is 1. The standard InChI is InChI=1S/C10H13BrClNO4S/c1-18(14,15)17-10(16-3-2-13)7-4-8(11)6-9(12)5-7/h4-6,10H,2-3,13H2,1H3. The summed E-state index contributed by atoms with van der Waals surface area (Å²) in [7, 11) is -3.65. The summed E-state index contributed by atoms with van der Waals surface area (Å²) in [5.74, 6) is 0. The van der Waals surface area contributed by atoms with Gasteiger partial charge in [-0.2, -0.15) is 8.42 Å². The van der Waals surface area contributed by atoms with E-state index >= 15 is 0 Å². The van der Waals surface area contributed by atoms with Crippen LogP contribution in [-0.2, 0) is 19.0 Å². The highest BCUT2D eigenvalue weighted by molar-refractivity contribution is 9.10. The van der Waals surface area contributed by atoms with Gasteiger partial charge in [0.15, 0.2) is 0 Å². The molecule has 0 aliphatic heterocycles. The third kappa shape index (κ3) is 5.64. The summed E-state index contributed by atoms with van der Waals surface area (Å²) in [5.41, 5.74) is 5.81. The van der Waals surface area contributed by atoms with Gasteiger partial charge in [0, 0.05) is 21.6 Å². The lowest BCUT2D eigenvalue weighted by molar-refractivity contribution is -0.0761. The second kappa shape index (κ2) is 6.83. The largest absolute Gasteiger partial charge is 0.346 e. The van der Waals surface area contributed by atoms with E-state index in [1.807, 2.05) is 0 Å². The fraction of sp³-hybridized carbons (Fsp3) is 0.400. The van der Waals surface area contributed by atoms with Gasteiger partial charge in [0.1, 0.15) is 0 Å². The summed E-state index contributed by atoms with van der Waals surface area (Å²) >= 11 is 9.14. The number of hydrogen-bond acceptors (Lipinski definition) is 5. The van der Waals surface area contributed by atoms with Gasteiger partial charge in [-0.25, -0.2) is 4.18 Å². The molecule has 0 spiro atoms. The molecule has 0 bridgehead atoms. The van der Waals surface area contributed by atoms with Crippen LogP contribution in [0, 0.1) is 0 Å². The zero-order chi connectivity index (χ0) is 13.8. The third-order valence-electron chi connectivity index (χ3n) is 1.81. The average molecular weight is 359 g/mol. The maximum absolute atomic E-state index is 11.2. The Morgan fingerprint density at radius 1 is 1.44 bits per heavy atom. The monoisotopic (exact) mass is 357 g/mol. The molecule has 0 saturated carbocycles. The van der Waals surface area contributed by atoms with Gasteiger partial charge in [-0.1, -0.05) is 27.5 Å². The number of hydrogen-bond donors (Lipinski definition) is 1. The van der Waals surface area contributed by atoms with Gasteiger partial charge < -0.3 is 10.5 Å². The van der Waals surface area contributed by atoms with Gasteiger partial charge in [-0.3, -0.25) is 0 Å². The SMILES string of the molecule is CS(=O)(=O)OC(OCCN)c1cc(Cl)cc(Br)c1. The van der Waals surface area contributed by atoms with E-state index < -0.39 is 16.4 Å². The van der Waals surface area contributed by atoms with Crippen molar-refractivity contribution in [3.63, 3.8) is 0 Å². The molecule has 5 nitrogen and oxygen atoms in total. The molecule has 0 aromatic heterocycles. The zero-order valence-electron chi connectivity index (χ0n) is 9.60. The summed E-state index contributed by atoms with van der Waals surface area (Å²) in [6, 6.07) is 4.91.